The highest BCUT2D eigenvalue weighted by Crippen LogP contribution is 2.65. The van der Waals surface area contributed by atoms with Crippen molar-refractivity contribution in [3.8, 4) is 0 Å². The Morgan fingerprint density at radius 3 is 2.29 bits per heavy atom. The Hall–Kier alpha value is -0.570. The molecule has 4 atom stereocenters. The molecule has 94 valence electrons. The van der Waals surface area contributed by atoms with E-state index < -0.39 is 0 Å². The van der Waals surface area contributed by atoms with Crippen molar-refractivity contribution in [2.24, 2.45) is 29.6 Å². The average Bonchev–Trinajstić information content (AvgIpc) is 2.76. The van der Waals surface area contributed by atoms with E-state index in [1.54, 1.807) is 0 Å². The second kappa shape index (κ2) is 3.71. The van der Waals surface area contributed by atoms with Gasteiger partial charge in [-0.05, 0) is 68.9 Å². The minimum atomic E-state index is 0.287. The van der Waals surface area contributed by atoms with Crippen LogP contribution in [0.3, 0.4) is 0 Å². The molecular weight excluding hydrogens is 212 g/mol. The molecule has 4 rings (SSSR count). The zero-order valence-electron chi connectivity index (χ0n) is 10.3. The third-order valence-corrected chi connectivity index (χ3v) is 5.75. The highest BCUT2D eigenvalue weighted by atomic mass is 16.2. The van der Waals surface area contributed by atoms with Crippen molar-refractivity contribution in [2.75, 3.05) is 13.1 Å². The van der Waals surface area contributed by atoms with Crippen molar-refractivity contribution in [3.05, 3.63) is 0 Å². The van der Waals surface area contributed by atoms with Crippen LogP contribution in [0.5, 0.6) is 0 Å². The van der Waals surface area contributed by atoms with Crippen molar-refractivity contribution >= 4 is 5.91 Å². The molecule has 0 aromatic rings. The normalized spacial score (nSPS) is 47.9. The monoisotopic (exact) mass is 234 g/mol. The van der Waals surface area contributed by atoms with Gasteiger partial charge in [0.1, 0.15) is 0 Å². The second-order valence-electron chi connectivity index (χ2n) is 6.55. The summed E-state index contributed by atoms with van der Waals surface area (Å²) in [5.74, 6) is 4.31. The Labute approximate surface area is 103 Å². The third kappa shape index (κ3) is 1.55. The van der Waals surface area contributed by atoms with Gasteiger partial charge in [-0.1, -0.05) is 0 Å². The van der Waals surface area contributed by atoms with Gasteiger partial charge in [-0.3, -0.25) is 4.79 Å². The lowest BCUT2D eigenvalue weighted by Gasteiger charge is -2.22. The first-order valence-corrected chi connectivity index (χ1v) is 7.35. The molecule has 17 heavy (non-hydrogen) atoms. The molecule has 1 saturated heterocycles. The number of piperidine rings is 1. The summed E-state index contributed by atoms with van der Waals surface area (Å²) < 4.78 is 0. The summed E-state index contributed by atoms with van der Waals surface area (Å²) in [6, 6.07) is 0.573. The molecule has 0 radical (unpaired) electrons. The minimum absolute atomic E-state index is 0.287. The summed E-state index contributed by atoms with van der Waals surface area (Å²) in [5, 5.41) is 6.68. The number of hydrogen-bond acceptors (Lipinski definition) is 2. The van der Waals surface area contributed by atoms with Crippen LogP contribution in [-0.2, 0) is 4.79 Å². The van der Waals surface area contributed by atoms with Crippen LogP contribution in [0.15, 0.2) is 0 Å². The van der Waals surface area contributed by atoms with Gasteiger partial charge in [-0.25, -0.2) is 0 Å². The predicted molar refractivity (Wildman–Crippen MR) is 65.3 cm³/mol. The lowest BCUT2D eigenvalue weighted by atomic mass is 9.97. The SMILES string of the molecule is O=C(NC1C2C3CCC(C3)C12)C1CCNCC1. The van der Waals surface area contributed by atoms with Crippen LogP contribution < -0.4 is 10.6 Å². The number of rotatable bonds is 2. The Bertz CT molecular complexity index is 321. The number of fused-ring (bicyclic) bond motifs is 5. The molecule has 1 heterocycles. The Balaban J connectivity index is 1.35. The highest BCUT2D eigenvalue weighted by molar-refractivity contribution is 5.79. The number of carbonyl (C=O) groups excluding carboxylic acids is 1. The third-order valence-electron chi connectivity index (χ3n) is 5.75. The molecule has 2 N–H and O–H groups in total. The van der Waals surface area contributed by atoms with E-state index in [1.807, 2.05) is 0 Å². The summed E-state index contributed by atoms with van der Waals surface area (Å²) in [6.07, 6.45) is 6.40. The van der Waals surface area contributed by atoms with Crippen LogP contribution in [0.25, 0.3) is 0 Å². The first-order chi connectivity index (χ1) is 8.34. The first kappa shape index (κ1) is 10.4. The van der Waals surface area contributed by atoms with Crippen LogP contribution in [0.1, 0.15) is 32.1 Å². The van der Waals surface area contributed by atoms with E-state index in [0.717, 1.165) is 49.6 Å². The topological polar surface area (TPSA) is 41.1 Å². The van der Waals surface area contributed by atoms with Crippen molar-refractivity contribution in [3.63, 3.8) is 0 Å². The molecule has 0 spiro atoms. The van der Waals surface area contributed by atoms with Crippen LogP contribution >= 0.6 is 0 Å². The lowest BCUT2D eigenvalue weighted by Crippen LogP contribution is -2.40. The maximum absolute atomic E-state index is 12.2. The number of amides is 1. The van der Waals surface area contributed by atoms with Gasteiger partial charge in [-0.15, -0.1) is 0 Å². The quantitative estimate of drug-likeness (QED) is 0.752. The molecule has 2 bridgehead atoms. The average molecular weight is 234 g/mol. The Morgan fingerprint density at radius 1 is 1.00 bits per heavy atom. The van der Waals surface area contributed by atoms with Gasteiger partial charge in [0.15, 0.2) is 0 Å². The van der Waals surface area contributed by atoms with E-state index in [9.17, 15) is 4.79 Å². The predicted octanol–water partition coefficient (Wildman–Crippen LogP) is 1.15. The van der Waals surface area contributed by atoms with E-state index in [4.69, 9.17) is 0 Å². The van der Waals surface area contributed by atoms with Gasteiger partial charge in [0.05, 0.1) is 0 Å². The summed E-state index contributed by atoms with van der Waals surface area (Å²) in [4.78, 5) is 12.2. The second-order valence-corrected chi connectivity index (χ2v) is 6.55. The summed E-state index contributed by atoms with van der Waals surface area (Å²) in [6.45, 7) is 2.03. The van der Waals surface area contributed by atoms with Gasteiger partial charge >= 0.3 is 0 Å². The molecule has 4 fully saturated rings. The summed E-state index contributed by atoms with van der Waals surface area (Å²) in [7, 11) is 0. The van der Waals surface area contributed by atoms with Crippen molar-refractivity contribution in [2.45, 2.75) is 38.1 Å². The zero-order valence-corrected chi connectivity index (χ0v) is 10.3. The summed E-state index contributed by atoms with van der Waals surface area (Å²) in [5.41, 5.74) is 0. The van der Waals surface area contributed by atoms with E-state index >= 15 is 0 Å². The fourth-order valence-corrected chi connectivity index (χ4v) is 4.88. The van der Waals surface area contributed by atoms with Crippen molar-refractivity contribution in [1.82, 2.24) is 10.6 Å². The van der Waals surface area contributed by atoms with Crippen LogP contribution in [-0.4, -0.2) is 25.0 Å². The van der Waals surface area contributed by atoms with E-state index in [-0.39, 0.29) is 5.92 Å². The Morgan fingerprint density at radius 2 is 1.65 bits per heavy atom. The molecule has 4 aliphatic rings. The molecule has 3 nitrogen and oxygen atoms in total. The maximum atomic E-state index is 12.2. The van der Waals surface area contributed by atoms with E-state index in [1.165, 1.54) is 19.3 Å². The molecular formula is C14H22N2O. The molecule has 1 aliphatic heterocycles. The van der Waals surface area contributed by atoms with Crippen LogP contribution in [0, 0.1) is 29.6 Å². The van der Waals surface area contributed by atoms with Gasteiger partial charge in [0.25, 0.3) is 0 Å². The fraction of sp³-hybridized carbons (Fsp3) is 0.929. The summed E-state index contributed by atoms with van der Waals surface area (Å²) >= 11 is 0. The number of hydrogen-bond donors (Lipinski definition) is 2. The number of nitrogens with one attached hydrogen (secondary N) is 2. The standard InChI is InChI=1S/C14H22N2O/c17-14(8-3-5-15-6-4-8)16-13-11-9-1-2-10(7-9)12(11)13/h8-13,15H,1-7H2,(H,16,17). The largest absolute Gasteiger partial charge is 0.353 e. The Kier molecular flexibility index (Phi) is 2.26. The zero-order chi connectivity index (χ0) is 11.4. The highest BCUT2D eigenvalue weighted by Gasteiger charge is 2.65. The van der Waals surface area contributed by atoms with E-state index in [2.05, 4.69) is 10.6 Å². The van der Waals surface area contributed by atoms with Gasteiger partial charge in [0.2, 0.25) is 5.91 Å². The molecule has 3 heteroatoms. The van der Waals surface area contributed by atoms with E-state index in [0.29, 0.717) is 11.9 Å². The van der Waals surface area contributed by atoms with Crippen molar-refractivity contribution in [1.29, 1.82) is 0 Å². The minimum Gasteiger partial charge on any atom is -0.353 e. The smallest absolute Gasteiger partial charge is 0.223 e. The molecule has 0 aromatic heterocycles. The van der Waals surface area contributed by atoms with Crippen LogP contribution in [0.4, 0.5) is 0 Å². The lowest BCUT2D eigenvalue weighted by molar-refractivity contribution is -0.126. The number of carbonyl (C=O) groups is 1. The maximum Gasteiger partial charge on any atom is 0.223 e. The van der Waals surface area contributed by atoms with Crippen molar-refractivity contribution < 1.29 is 4.79 Å². The fourth-order valence-electron chi connectivity index (χ4n) is 4.88. The molecule has 4 unspecified atom stereocenters. The van der Waals surface area contributed by atoms with Gasteiger partial charge < -0.3 is 10.6 Å². The first-order valence-electron chi connectivity index (χ1n) is 7.35. The molecule has 3 aliphatic carbocycles. The van der Waals surface area contributed by atoms with Gasteiger partial charge in [-0.2, -0.15) is 0 Å². The molecule has 3 saturated carbocycles. The molecule has 1 amide bonds. The molecule has 0 aromatic carbocycles. The van der Waals surface area contributed by atoms with Gasteiger partial charge in [0, 0.05) is 12.0 Å². The van der Waals surface area contributed by atoms with Crippen LogP contribution in [0.2, 0.25) is 0 Å².